The van der Waals surface area contributed by atoms with Gasteiger partial charge in [-0.3, -0.25) is 14.2 Å². The van der Waals surface area contributed by atoms with E-state index in [2.05, 4.69) is 15.6 Å². The Morgan fingerprint density at radius 3 is 2.35 bits per heavy atom. The van der Waals surface area contributed by atoms with E-state index in [1.54, 1.807) is 37.4 Å². The van der Waals surface area contributed by atoms with Crippen LogP contribution in [0.5, 0.6) is 0 Å². The van der Waals surface area contributed by atoms with Crippen molar-refractivity contribution >= 4 is 34.5 Å². The number of rotatable bonds is 5. The number of amides is 2. The van der Waals surface area contributed by atoms with Crippen LogP contribution in [0.15, 0.2) is 41.9 Å². The minimum absolute atomic E-state index is 0.0450. The fourth-order valence-electron chi connectivity index (χ4n) is 2.70. The van der Waals surface area contributed by atoms with E-state index in [-0.39, 0.29) is 11.8 Å². The Morgan fingerprint density at radius 1 is 1.12 bits per heavy atom. The van der Waals surface area contributed by atoms with E-state index < -0.39 is 0 Å². The summed E-state index contributed by atoms with van der Waals surface area (Å²) in [5.74, 6) is -0.220. The lowest BCUT2D eigenvalue weighted by Crippen LogP contribution is -2.13. The first-order valence-corrected chi connectivity index (χ1v) is 9.17. The molecule has 0 unspecified atom stereocenters. The Bertz CT molecular complexity index is 927. The van der Waals surface area contributed by atoms with Gasteiger partial charge in [0.15, 0.2) is 5.13 Å². The highest BCUT2D eigenvalue weighted by atomic mass is 32.1. The van der Waals surface area contributed by atoms with Crippen molar-refractivity contribution in [3.05, 3.63) is 58.9 Å². The molecule has 26 heavy (non-hydrogen) atoms. The minimum Gasteiger partial charge on any atom is -0.326 e. The van der Waals surface area contributed by atoms with Crippen LogP contribution in [0.3, 0.4) is 0 Å². The van der Waals surface area contributed by atoms with Crippen LogP contribution in [0, 0.1) is 13.8 Å². The second kappa shape index (κ2) is 7.53. The summed E-state index contributed by atoms with van der Waals surface area (Å²) in [6, 6.07) is 8.93. The highest BCUT2D eigenvalue weighted by Crippen LogP contribution is 2.23. The Morgan fingerprint density at radius 2 is 1.77 bits per heavy atom. The molecule has 0 radical (unpaired) electrons. The number of nitrogens with zero attached hydrogens (tertiary/aromatic N) is 2. The van der Waals surface area contributed by atoms with Crippen LogP contribution in [0.4, 0.5) is 11.4 Å². The highest BCUT2D eigenvalue weighted by Gasteiger charge is 2.17. The average molecular weight is 368 g/mol. The molecular formula is C19H20N4O2S. The second-order valence-corrected chi connectivity index (χ2v) is 6.74. The molecule has 2 aromatic heterocycles. The van der Waals surface area contributed by atoms with Gasteiger partial charge in [0.25, 0.3) is 5.91 Å². The van der Waals surface area contributed by atoms with E-state index in [1.165, 1.54) is 11.3 Å². The van der Waals surface area contributed by atoms with Crippen molar-refractivity contribution in [3.63, 3.8) is 0 Å². The molecule has 2 amide bonds. The third kappa shape index (κ3) is 3.67. The number of carbonyl (C=O) groups is 2. The maximum atomic E-state index is 12.7. The van der Waals surface area contributed by atoms with Crippen molar-refractivity contribution in [1.82, 2.24) is 9.55 Å². The molecule has 3 rings (SSSR count). The van der Waals surface area contributed by atoms with Crippen LogP contribution in [0.1, 0.15) is 35.1 Å². The summed E-state index contributed by atoms with van der Waals surface area (Å²) in [6.45, 7) is 5.66. The molecule has 0 saturated carbocycles. The smallest absolute Gasteiger partial charge is 0.257 e. The molecule has 0 atom stereocenters. The van der Waals surface area contributed by atoms with Gasteiger partial charge in [0.1, 0.15) is 0 Å². The SMILES string of the molecule is CCC(=O)Nc1ccc(NC(=O)c2cc(C)n(-c3nccs3)c2C)cc1. The first kappa shape index (κ1) is 17.9. The quantitative estimate of drug-likeness (QED) is 0.710. The van der Waals surface area contributed by atoms with Gasteiger partial charge in [0.2, 0.25) is 5.91 Å². The molecular weight excluding hydrogens is 348 g/mol. The maximum absolute atomic E-state index is 12.7. The summed E-state index contributed by atoms with van der Waals surface area (Å²) in [5, 5.41) is 8.43. The predicted molar refractivity (Wildman–Crippen MR) is 104 cm³/mol. The number of hydrogen-bond donors (Lipinski definition) is 2. The van der Waals surface area contributed by atoms with Gasteiger partial charge >= 0.3 is 0 Å². The monoisotopic (exact) mass is 368 g/mol. The van der Waals surface area contributed by atoms with Crippen LogP contribution in [-0.4, -0.2) is 21.4 Å². The molecule has 6 nitrogen and oxygen atoms in total. The number of carbonyl (C=O) groups excluding carboxylic acids is 2. The van der Waals surface area contributed by atoms with Crippen LogP contribution < -0.4 is 10.6 Å². The molecule has 0 fully saturated rings. The first-order chi connectivity index (χ1) is 12.5. The standard InChI is InChI=1S/C19H20N4O2S/c1-4-17(24)21-14-5-7-15(8-6-14)22-18(25)16-11-12(2)23(13(16)3)19-20-9-10-26-19/h5-11H,4H2,1-3H3,(H,21,24)(H,22,25). The third-order valence-electron chi connectivity index (χ3n) is 4.03. The molecule has 3 aromatic rings. The molecule has 1 aromatic carbocycles. The Labute approximate surface area is 155 Å². The largest absolute Gasteiger partial charge is 0.326 e. The fraction of sp³-hybridized carbons (Fsp3) is 0.211. The summed E-state index contributed by atoms with van der Waals surface area (Å²) in [6.07, 6.45) is 2.17. The minimum atomic E-state index is -0.175. The maximum Gasteiger partial charge on any atom is 0.257 e. The van der Waals surface area contributed by atoms with E-state index in [9.17, 15) is 9.59 Å². The van der Waals surface area contributed by atoms with Crippen molar-refractivity contribution in [3.8, 4) is 5.13 Å². The van der Waals surface area contributed by atoms with Crippen LogP contribution in [0.2, 0.25) is 0 Å². The van der Waals surface area contributed by atoms with E-state index in [0.29, 0.717) is 23.4 Å². The molecule has 7 heteroatoms. The fourth-order valence-corrected chi connectivity index (χ4v) is 3.45. The summed E-state index contributed by atoms with van der Waals surface area (Å²) < 4.78 is 1.98. The van der Waals surface area contributed by atoms with Crippen molar-refractivity contribution in [2.45, 2.75) is 27.2 Å². The normalized spacial score (nSPS) is 10.6. The van der Waals surface area contributed by atoms with Crippen molar-refractivity contribution < 1.29 is 9.59 Å². The van der Waals surface area contributed by atoms with Gasteiger partial charge in [0, 0.05) is 40.8 Å². The zero-order valence-corrected chi connectivity index (χ0v) is 15.7. The predicted octanol–water partition coefficient (Wildman–Crippen LogP) is 4.15. The lowest BCUT2D eigenvalue weighted by Gasteiger charge is -2.08. The molecule has 134 valence electrons. The van der Waals surface area contributed by atoms with Gasteiger partial charge in [-0.1, -0.05) is 6.92 Å². The lowest BCUT2D eigenvalue weighted by molar-refractivity contribution is -0.115. The van der Waals surface area contributed by atoms with Crippen molar-refractivity contribution in [1.29, 1.82) is 0 Å². The van der Waals surface area contributed by atoms with Gasteiger partial charge in [-0.2, -0.15) is 0 Å². The van der Waals surface area contributed by atoms with Crippen molar-refractivity contribution in [2.24, 2.45) is 0 Å². The molecule has 0 bridgehead atoms. The second-order valence-electron chi connectivity index (χ2n) is 5.87. The summed E-state index contributed by atoms with van der Waals surface area (Å²) in [4.78, 5) is 28.4. The van der Waals surface area contributed by atoms with E-state index in [0.717, 1.165) is 16.5 Å². The third-order valence-corrected chi connectivity index (χ3v) is 4.79. The van der Waals surface area contributed by atoms with Gasteiger partial charge in [-0.15, -0.1) is 11.3 Å². The number of thiazole rings is 1. The van der Waals surface area contributed by atoms with E-state index in [4.69, 9.17) is 0 Å². The van der Waals surface area contributed by atoms with E-state index >= 15 is 0 Å². The molecule has 0 aliphatic rings. The molecule has 0 aliphatic carbocycles. The Hall–Kier alpha value is -2.93. The molecule has 0 saturated heterocycles. The Kier molecular flexibility index (Phi) is 5.18. The molecule has 2 heterocycles. The van der Waals surface area contributed by atoms with E-state index in [1.807, 2.05) is 29.9 Å². The number of aromatic nitrogens is 2. The van der Waals surface area contributed by atoms with Gasteiger partial charge in [-0.25, -0.2) is 4.98 Å². The molecule has 0 spiro atoms. The summed E-state index contributed by atoms with van der Waals surface area (Å²) in [5.41, 5.74) is 3.79. The van der Waals surface area contributed by atoms with Crippen LogP contribution in [0.25, 0.3) is 5.13 Å². The van der Waals surface area contributed by atoms with Gasteiger partial charge in [-0.05, 0) is 44.2 Å². The number of benzene rings is 1. The first-order valence-electron chi connectivity index (χ1n) is 8.29. The van der Waals surface area contributed by atoms with Gasteiger partial charge < -0.3 is 10.6 Å². The summed E-state index contributed by atoms with van der Waals surface area (Å²) in [7, 11) is 0. The topological polar surface area (TPSA) is 76.0 Å². The zero-order chi connectivity index (χ0) is 18.7. The van der Waals surface area contributed by atoms with Crippen LogP contribution in [-0.2, 0) is 4.79 Å². The lowest BCUT2D eigenvalue weighted by atomic mass is 10.2. The Balaban J connectivity index is 1.76. The number of aryl methyl sites for hydroxylation is 1. The molecule has 0 aliphatic heterocycles. The summed E-state index contributed by atoms with van der Waals surface area (Å²) >= 11 is 1.53. The van der Waals surface area contributed by atoms with Crippen LogP contribution >= 0.6 is 11.3 Å². The molecule has 2 N–H and O–H groups in total. The van der Waals surface area contributed by atoms with Gasteiger partial charge in [0.05, 0.1) is 5.56 Å². The zero-order valence-electron chi connectivity index (χ0n) is 14.9. The highest BCUT2D eigenvalue weighted by molar-refractivity contribution is 7.12. The number of hydrogen-bond acceptors (Lipinski definition) is 4. The number of nitrogens with one attached hydrogen (secondary N) is 2. The van der Waals surface area contributed by atoms with Crippen molar-refractivity contribution in [2.75, 3.05) is 10.6 Å². The number of anilines is 2. The average Bonchev–Trinajstić information content (AvgIpc) is 3.24.